The first-order chi connectivity index (χ1) is 6.81. The Morgan fingerprint density at radius 1 is 1.64 bits per heavy atom. The van der Waals surface area contributed by atoms with Gasteiger partial charge in [-0.25, -0.2) is 0 Å². The third-order valence-corrected chi connectivity index (χ3v) is 2.57. The number of hydrogen-bond donors (Lipinski definition) is 2. The van der Waals surface area contributed by atoms with Gasteiger partial charge >= 0.3 is 0 Å². The van der Waals surface area contributed by atoms with E-state index in [9.17, 15) is 0 Å². The summed E-state index contributed by atoms with van der Waals surface area (Å²) in [6, 6.07) is 0.537. The Labute approximate surface area is 86.8 Å². The molecule has 78 valence electrons. The van der Waals surface area contributed by atoms with Gasteiger partial charge in [-0.1, -0.05) is 31.7 Å². The molecular formula is C12H20N2. The fraction of sp³-hybridized carbons (Fsp3) is 0.500. The van der Waals surface area contributed by atoms with Crippen LogP contribution in [0.5, 0.6) is 0 Å². The van der Waals surface area contributed by atoms with Gasteiger partial charge in [0.05, 0.1) is 0 Å². The number of rotatable bonds is 5. The second kappa shape index (κ2) is 5.66. The lowest BCUT2D eigenvalue weighted by molar-refractivity contribution is 0.451. The van der Waals surface area contributed by atoms with Crippen LogP contribution in [0.4, 0.5) is 0 Å². The van der Waals surface area contributed by atoms with Crippen LogP contribution in [0.25, 0.3) is 0 Å². The van der Waals surface area contributed by atoms with Crippen LogP contribution < -0.4 is 10.6 Å². The molecule has 2 unspecified atom stereocenters. The maximum absolute atomic E-state index is 3.66. The zero-order chi connectivity index (χ0) is 10.4. The molecule has 1 aliphatic heterocycles. The zero-order valence-corrected chi connectivity index (χ0v) is 9.09. The van der Waals surface area contributed by atoms with Crippen LogP contribution in [-0.4, -0.2) is 19.6 Å². The average molecular weight is 192 g/mol. The summed E-state index contributed by atoms with van der Waals surface area (Å²) in [5.74, 6) is 0.645. The molecule has 0 saturated heterocycles. The Bertz CT molecular complexity index is 241. The van der Waals surface area contributed by atoms with Gasteiger partial charge in [0.15, 0.2) is 0 Å². The van der Waals surface area contributed by atoms with Crippen LogP contribution in [0, 0.1) is 5.92 Å². The van der Waals surface area contributed by atoms with Crippen molar-refractivity contribution >= 4 is 0 Å². The first-order valence-corrected chi connectivity index (χ1v) is 5.23. The van der Waals surface area contributed by atoms with Gasteiger partial charge in [-0.05, 0) is 19.5 Å². The van der Waals surface area contributed by atoms with Crippen LogP contribution >= 0.6 is 0 Å². The molecule has 1 rings (SSSR count). The summed E-state index contributed by atoms with van der Waals surface area (Å²) in [7, 11) is 1.99. The van der Waals surface area contributed by atoms with E-state index in [0.29, 0.717) is 12.0 Å². The molecule has 14 heavy (non-hydrogen) atoms. The van der Waals surface area contributed by atoms with Crippen molar-refractivity contribution in [1.29, 1.82) is 0 Å². The fourth-order valence-corrected chi connectivity index (χ4v) is 1.82. The third kappa shape index (κ3) is 2.74. The topological polar surface area (TPSA) is 24.1 Å². The van der Waals surface area contributed by atoms with Gasteiger partial charge in [0.25, 0.3) is 0 Å². The van der Waals surface area contributed by atoms with E-state index in [-0.39, 0.29) is 0 Å². The number of allylic oxidation sites excluding steroid dienone is 3. The highest BCUT2D eigenvalue weighted by Crippen LogP contribution is 2.20. The highest BCUT2D eigenvalue weighted by atomic mass is 15.0. The molecule has 1 aliphatic rings. The van der Waals surface area contributed by atoms with E-state index in [4.69, 9.17) is 0 Å². The Morgan fingerprint density at radius 2 is 2.43 bits per heavy atom. The molecule has 0 amide bonds. The monoisotopic (exact) mass is 192 g/mol. The van der Waals surface area contributed by atoms with Crippen LogP contribution in [0.3, 0.4) is 0 Å². The van der Waals surface area contributed by atoms with Gasteiger partial charge in [-0.2, -0.15) is 0 Å². The predicted octanol–water partition coefficient (Wildman–Crippen LogP) is 1.83. The lowest BCUT2D eigenvalue weighted by atomic mass is 10.00. The Balaban J connectivity index is 2.57. The van der Waals surface area contributed by atoms with E-state index in [1.807, 2.05) is 13.1 Å². The van der Waals surface area contributed by atoms with E-state index in [1.165, 1.54) is 12.1 Å². The van der Waals surface area contributed by atoms with Gasteiger partial charge in [0, 0.05) is 24.2 Å². The molecule has 0 fully saturated rings. The van der Waals surface area contributed by atoms with Crippen molar-refractivity contribution in [2.75, 3.05) is 13.6 Å². The van der Waals surface area contributed by atoms with E-state index >= 15 is 0 Å². The van der Waals surface area contributed by atoms with E-state index < -0.39 is 0 Å². The first kappa shape index (κ1) is 11.1. The summed E-state index contributed by atoms with van der Waals surface area (Å²) < 4.78 is 0. The molecular weight excluding hydrogens is 172 g/mol. The minimum atomic E-state index is 0.537. The molecule has 0 aliphatic carbocycles. The second-order valence-electron chi connectivity index (χ2n) is 3.60. The quantitative estimate of drug-likeness (QED) is 0.649. The SMILES string of the molecule is C=C/C=C\C1=CC(CC)C(CNC)N1. The number of likely N-dealkylation sites (N-methyl/N-ethyl adjacent to an activating group) is 1. The fourth-order valence-electron chi connectivity index (χ4n) is 1.82. The largest absolute Gasteiger partial charge is 0.381 e. The normalized spacial score (nSPS) is 26.3. The summed E-state index contributed by atoms with van der Waals surface area (Å²) >= 11 is 0. The van der Waals surface area contributed by atoms with Gasteiger partial charge in [0.2, 0.25) is 0 Å². The van der Waals surface area contributed by atoms with Gasteiger partial charge in [-0.3, -0.25) is 0 Å². The smallest absolute Gasteiger partial charge is 0.0449 e. The Kier molecular flexibility index (Phi) is 4.47. The lowest BCUT2D eigenvalue weighted by Crippen LogP contribution is -2.37. The van der Waals surface area contributed by atoms with Crippen molar-refractivity contribution in [3.05, 3.63) is 36.6 Å². The van der Waals surface area contributed by atoms with Crippen molar-refractivity contribution in [1.82, 2.24) is 10.6 Å². The summed E-state index contributed by atoms with van der Waals surface area (Å²) in [6.45, 7) is 6.90. The van der Waals surface area contributed by atoms with Gasteiger partial charge in [0.1, 0.15) is 0 Å². The molecule has 0 aromatic carbocycles. The molecule has 0 aromatic rings. The Hall–Kier alpha value is -1.02. The summed E-state index contributed by atoms with van der Waals surface area (Å²) in [4.78, 5) is 0. The zero-order valence-electron chi connectivity index (χ0n) is 9.09. The van der Waals surface area contributed by atoms with Crippen LogP contribution in [0.15, 0.2) is 36.6 Å². The average Bonchev–Trinajstić information content (AvgIpc) is 2.58. The molecule has 2 atom stereocenters. The molecule has 1 heterocycles. The number of nitrogens with one attached hydrogen (secondary N) is 2. The van der Waals surface area contributed by atoms with Crippen molar-refractivity contribution < 1.29 is 0 Å². The molecule has 0 aromatic heterocycles. The predicted molar refractivity (Wildman–Crippen MR) is 62.1 cm³/mol. The Morgan fingerprint density at radius 3 is 3.00 bits per heavy atom. The standard InChI is InChI=1S/C12H20N2/c1-4-6-7-11-8-10(5-2)12(14-11)9-13-3/h4,6-8,10,12-14H,1,5,9H2,2-3H3/b7-6-. The van der Waals surface area contributed by atoms with E-state index in [0.717, 1.165) is 6.54 Å². The molecule has 0 spiro atoms. The van der Waals surface area contributed by atoms with E-state index in [2.05, 4.69) is 36.3 Å². The lowest BCUT2D eigenvalue weighted by Gasteiger charge is -2.18. The van der Waals surface area contributed by atoms with Crippen molar-refractivity contribution in [3.8, 4) is 0 Å². The molecule has 2 nitrogen and oxygen atoms in total. The molecule has 2 heteroatoms. The minimum absolute atomic E-state index is 0.537. The molecule has 0 radical (unpaired) electrons. The summed E-state index contributed by atoms with van der Waals surface area (Å²) in [6.07, 6.45) is 9.33. The van der Waals surface area contributed by atoms with Crippen molar-refractivity contribution in [2.24, 2.45) is 5.92 Å². The minimum Gasteiger partial charge on any atom is -0.381 e. The van der Waals surface area contributed by atoms with E-state index in [1.54, 1.807) is 6.08 Å². The van der Waals surface area contributed by atoms with Crippen LogP contribution in [-0.2, 0) is 0 Å². The third-order valence-electron chi connectivity index (χ3n) is 2.57. The van der Waals surface area contributed by atoms with Crippen LogP contribution in [0.1, 0.15) is 13.3 Å². The first-order valence-electron chi connectivity index (χ1n) is 5.23. The van der Waals surface area contributed by atoms with Crippen molar-refractivity contribution in [3.63, 3.8) is 0 Å². The second-order valence-corrected chi connectivity index (χ2v) is 3.60. The molecule has 0 saturated carbocycles. The molecule has 2 N–H and O–H groups in total. The molecule has 0 bridgehead atoms. The number of hydrogen-bond acceptors (Lipinski definition) is 2. The maximum atomic E-state index is 3.66. The summed E-state index contributed by atoms with van der Waals surface area (Å²) in [5, 5.41) is 6.70. The summed E-state index contributed by atoms with van der Waals surface area (Å²) in [5.41, 5.74) is 1.22. The maximum Gasteiger partial charge on any atom is 0.0449 e. The highest BCUT2D eigenvalue weighted by Gasteiger charge is 2.23. The van der Waals surface area contributed by atoms with Crippen molar-refractivity contribution in [2.45, 2.75) is 19.4 Å². The highest BCUT2D eigenvalue weighted by molar-refractivity contribution is 5.26. The van der Waals surface area contributed by atoms with Gasteiger partial charge < -0.3 is 10.6 Å². The van der Waals surface area contributed by atoms with Gasteiger partial charge in [-0.15, -0.1) is 0 Å². The van der Waals surface area contributed by atoms with Crippen LogP contribution in [0.2, 0.25) is 0 Å².